The van der Waals surface area contributed by atoms with Gasteiger partial charge in [-0.2, -0.15) is 0 Å². The molecule has 0 amide bonds. The summed E-state index contributed by atoms with van der Waals surface area (Å²) in [5.74, 6) is 1.57. The van der Waals surface area contributed by atoms with Gasteiger partial charge in [-0.05, 0) is 18.8 Å². The molecule has 2 rings (SSSR count). The first kappa shape index (κ1) is 10.4. The number of aromatic nitrogens is 2. The highest BCUT2D eigenvalue weighted by Crippen LogP contribution is 2.27. The second-order valence-corrected chi connectivity index (χ2v) is 4.23. The van der Waals surface area contributed by atoms with Crippen LogP contribution in [0.4, 0.5) is 5.95 Å². The van der Waals surface area contributed by atoms with E-state index in [0.29, 0.717) is 0 Å². The van der Waals surface area contributed by atoms with E-state index < -0.39 is 0 Å². The number of hydrogen-bond donors (Lipinski definition) is 1. The van der Waals surface area contributed by atoms with Crippen LogP contribution < -0.4 is 4.90 Å². The molecule has 0 atom stereocenters. The average molecular weight is 207 g/mol. The van der Waals surface area contributed by atoms with Crippen molar-refractivity contribution in [3.63, 3.8) is 0 Å². The van der Waals surface area contributed by atoms with Crippen molar-refractivity contribution in [2.24, 2.45) is 5.92 Å². The van der Waals surface area contributed by atoms with E-state index in [1.54, 1.807) is 12.4 Å². The summed E-state index contributed by atoms with van der Waals surface area (Å²) < 4.78 is 0. The quantitative estimate of drug-likeness (QED) is 0.806. The van der Waals surface area contributed by atoms with Crippen LogP contribution in [0, 0.1) is 5.92 Å². The fourth-order valence-corrected chi connectivity index (χ4v) is 1.77. The fourth-order valence-electron chi connectivity index (χ4n) is 1.77. The SMILES string of the molecule is CN(CC1CCC1)c1ncc(CO)cn1. The lowest BCUT2D eigenvalue weighted by Gasteiger charge is -2.30. The van der Waals surface area contributed by atoms with E-state index in [-0.39, 0.29) is 6.61 Å². The Labute approximate surface area is 90.0 Å². The highest BCUT2D eigenvalue weighted by molar-refractivity contribution is 5.28. The van der Waals surface area contributed by atoms with Crippen LogP contribution in [0.25, 0.3) is 0 Å². The maximum absolute atomic E-state index is 8.87. The first-order chi connectivity index (χ1) is 7.29. The molecule has 0 aliphatic heterocycles. The molecule has 0 unspecified atom stereocenters. The van der Waals surface area contributed by atoms with Gasteiger partial charge in [0.1, 0.15) is 0 Å². The van der Waals surface area contributed by atoms with Crippen molar-refractivity contribution in [3.05, 3.63) is 18.0 Å². The molecule has 1 aromatic heterocycles. The van der Waals surface area contributed by atoms with E-state index in [2.05, 4.69) is 14.9 Å². The summed E-state index contributed by atoms with van der Waals surface area (Å²) in [6.45, 7) is 1.05. The minimum Gasteiger partial charge on any atom is -0.392 e. The molecular weight excluding hydrogens is 190 g/mol. The molecule has 1 heterocycles. The lowest BCUT2D eigenvalue weighted by atomic mass is 9.85. The van der Waals surface area contributed by atoms with Crippen LogP contribution in [0.5, 0.6) is 0 Å². The van der Waals surface area contributed by atoms with Crippen molar-refractivity contribution in [1.82, 2.24) is 9.97 Å². The van der Waals surface area contributed by atoms with Crippen molar-refractivity contribution in [3.8, 4) is 0 Å². The molecule has 0 radical (unpaired) electrons. The predicted molar refractivity (Wildman–Crippen MR) is 58.6 cm³/mol. The third kappa shape index (κ3) is 2.45. The Morgan fingerprint density at radius 2 is 2.07 bits per heavy atom. The summed E-state index contributed by atoms with van der Waals surface area (Å²) in [6, 6.07) is 0. The van der Waals surface area contributed by atoms with E-state index in [9.17, 15) is 0 Å². The molecule has 0 bridgehead atoms. The number of aliphatic hydroxyl groups is 1. The monoisotopic (exact) mass is 207 g/mol. The first-order valence-electron chi connectivity index (χ1n) is 5.42. The van der Waals surface area contributed by atoms with E-state index in [1.165, 1.54) is 19.3 Å². The second kappa shape index (κ2) is 4.57. The lowest BCUT2D eigenvalue weighted by Crippen LogP contribution is -2.30. The average Bonchev–Trinajstić information content (AvgIpc) is 2.23. The second-order valence-electron chi connectivity index (χ2n) is 4.23. The Balaban J connectivity index is 1.94. The zero-order valence-electron chi connectivity index (χ0n) is 9.06. The number of anilines is 1. The number of hydrogen-bond acceptors (Lipinski definition) is 4. The molecule has 1 aliphatic carbocycles. The van der Waals surface area contributed by atoms with Gasteiger partial charge in [-0.3, -0.25) is 0 Å². The molecule has 0 spiro atoms. The van der Waals surface area contributed by atoms with Crippen LogP contribution in [0.15, 0.2) is 12.4 Å². The predicted octanol–water partition coefficient (Wildman–Crippen LogP) is 1.21. The molecule has 4 nitrogen and oxygen atoms in total. The van der Waals surface area contributed by atoms with Crippen LogP contribution >= 0.6 is 0 Å². The molecule has 4 heteroatoms. The molecule has 1 aromatic rings. The number of nitrogens with zero attached hydrogens (tertiary/aromatic N) is 3. The third-order valence-corrected chi connectivity index (χ3v) is 2.97. The van der Waals surface area contributed by atoms with Gasteiger partial charge in [0.05, 0.1) is 6.61 Å². The van der Waals surface area contributed by atoms with Gasteiger partial charge < -0.3 is 10.0 Å². The number of rotatable bonds is 4. The minimum atomic E-state index is 0.00657. The van der Waals surface area contributed by atoms with Gasteiger partial charge in [-0.15, -0.1) is 0 Å². The summed E-state index contributed by atoms with van der Waals surface area (Å²) in [5.41, 5.74) is 0.760. The Morgan fingerprint density at radius 1 is 1.40 bits per heavy atom. The smallest absolute Gasteiger partial charge is 0.225 e. The minimum absolute atomic E-state index is 0.00657. The van der Waals surface area contributed by atoms with Gasteiger partial charge in [0.15, 0.2) is 0 Å². The summed E-state index contributed by atoms with van der Waals surface area (Å²) in [7, 11) is 2.02. The highest BCUT2D eigenvalue weighted by atomic mass is 16.3. The molecule has 15 heavy (non-hydrogen) atoms. The summed E-state index contributed by atoms with van der Waals surface area (Å²) in [5, 5.41) is 8.87. The molecule has 82 valence electrons. The topological polar surface area (TPSA) is 49.2 Å². The molecular formula is C11H17N3O. The summed E-state index contributed by atoms with van der Waals surface area (Å²) in [6.07, 6.45) is 7.39. The van der Waals surface area contributed by atoms with E-state index in [0.717, 1.165) is 24.0 Å². The van der Waals surface area contributed by atoms with Gasteiger partial charge >= 0.3 is 0 Å². The third-order valence-electron chi connectivity index (χ3n) is 2.97. The van der Waals surface area contributed by atoms with Crippen molar-refractivity contribution >= 4 is 5.95 Å². The maximum atomic E-state index is 8.87. The highest BCUT2D eigenvalue weighted by Gasteiger charge is 2.19. The molecule has 1 N–H and O–H groups in total. The Hall–Kier alpha value is -1.16. The van der Waals surface area contributed by atoms with E-state index >= 15 is 0 Å². The van der Waals surface area contributed by atoms with Crippen LogP contribution in [-0.4, -0.2) is 28.7 Å². The summed E-state index contributed by atoms with van der Waals surface area (Å²) >= 11 is 0. The molecule has 0 saturated heterocycles. The Kier molecular flexibility index (Phi) is 3.16. The fraction of sp³-hybridized carbons (Fsp3) is 0.636. The van der Waals surface area contributed by atoms with Crippen LogP contribution in [-0.2, 0) is 6.61 Å². The first-order valence-corrected chi connectivity index (χ1v) is 5.42. The van der Waals surface area contributed by atoms with Crippen molar-refractivity contribution in [1.29, 1.82) is 0 Å². The van der Waals surface area contributed by atoms with E-state index in [4.69, 9.17) is 5.11 Å². The van der Waals surface area contributed by atoms with Crippen LogP contribution in [0.3, 0.4) is 0 Å². The number of aliphatic hydroxyl groups excluding tert-OH is 1. The Morgan fingerprint density at radius 3 is 2.53 bits per heavy atom. The van der Waals surface area contributed by atoms with Gasteiger partial charge in [0.2, 0.25) is 5.95 Å². The summed E-state index contributed by atoms with van der Waals surface area (Å²) in [4.78, 5) is 10.5. The van der Waals surface area contributed by atoms with Crippen molar-refractivity contribution < 1.29 is 5.11 Å². The zero-order chi connectivity index (χ0) is 10.7. The van der Waals surface area contributed by atoms with Crippen molar-refractivity contribution in [2.45, 2.75) is 25.9 Å². The van der Waals surface area contributed by atoms with Gasteiger partial charge in [0, 0.05) is 31.5 Å². The van der Waals surface area contributed by atoms with Crippen LogP contribution in [0.1, 0.15) is 24.8 Å². The molecule has 1 fully saturated rings. The van der Waals surface area contributed by atoms with Crippen molar-refractivity contribution in [2.75, 3.05) is 18.5 Å². The standard InChI is InChI=1S/C11H17N3O/c1-14(7-9-3-2-4-9)11-12-5-10(8-15)6-13-11/h5-6,9,15H,2-4,7-8H2,1H3. The van der Waals surface area contributed by atoms with Gasteiger partial charge in [-0.1, -0.05) is 6.42 Å². The molecule has 1 aliphatic rings. The Bertz CT molecular complexity index is 308. The van der Waals surface area contributed by atoms with Gasteiger partial charge in [-0.25, -0.2) is 9.97 Å². The molecule has 1 saturated carbocycles. The van der Waals surface area contributed by atoms with E-state index in [1.807, 2.05) is 7.05 Å². The molecule has 0 aromatic carbocycles. The maximum Gasteiger partial charge on any atom is 0.225 e. The lowest BCUT2D eigenvalue weighted by molar-refractivity contribution is 0.281. The van der Waals surface area contributed by atoms with Gasteiger partial charge in [0.25, 0.3) is 0 Å². The van der Waals surface area contributed by atoms with Crippen LogP contribution in [0.2, 0.25) is 0 Å². The largest absolute Gasteiger partial charge is 0.392 e. The zero-order valence-corrected chi connectivity index (χ0v) is 9.06. The normalized spacial score (nSPS) is 16.1.